The van der Waals surface area contributed by atoms with Crippen LogP contribution in [0, 0.1) is 20.8 Å². The van der Waals surface area contributed by atoms with Crippen molar-refractivity contribution in [2.75, 3.05) is 38.2 Å². The van der Waals surface area contributed by atoms with Crippen LogP contribution in [-0.4, -0.2) is 53.9 Å². The van der Waals surface area contributed by atoms with Crippen molar-refractivity contribution >= 4 is 11.6 Å². The molecule has 0 unspecified atom stereocenters. The number of amides is 1. The molecular formula is C24H28N4O2. The molecule has 1 aliphatic heterocycles. The van der Waals surface area contributed by atoms with Crippen LogP contribution in [0.25, 0.3) is 5.69 Å². The van der Waals surface area contributed by atoms with E-state index in [1.54, 1.807) is 11.8 Å². The van der Waals surface area contributed by atoms with E-state index in [4.69, 9.17) is 4.74 Å². The molecule has 0 spiro atoms. The Hall–Kier alpha value is -3.28. The Labute approximate surface area is 177 Å². The molecule has 1 fully saturated rings. The molecule has 3 aromatic rings. The molecule has 6 heteroatoms. The average molecular weight is 405 g/mol. The highest BCUT2D eigenvalue weighted by Gasteiger charge is 2.26. The number of nitrogens with zero attached hydrogens (tertiary/aromatic N) is 4. The fourth-order valence-electron chi connectivity index (χ4n) is 3.98. The molecule has 0 bridgehead atoms. The number of ether oxygens (including phenoxy) is 1. The van der Waals surface area contributed by atoms with E-state index in [1.165, 1.54) is 16.8 Å². The monoisotopic (exact) mass is 404 g/mol. The van der Waals surface area contributed by atoms with Crippen molar-refractivity contribution in [3.63, 3.8) is 0 Å². The molecule has 156 valence electrons. The van der Waals surface area contributed by atoms with Gasteiger partial charge in [-0.3, -0.25) is 4.79 Å². The van der Waals surface area contributed by atoms with Crippen molar-refractivity contribution in [1.82, 2.24) is 14.7 Å². The zero-order chi connectivity index (χ0) is 21.3. The molecule has 1 aromatic heterocycles. The van der Waals surface area contributed by atoms with Crippen LogP contribution >= 0.6 is 0 Å². The number of aromatic nitrogens is 2. The maximum Gasteiger partial charge on any atom is 0.272 e. The van der Waals surface area contributed by atoms with Gasteiger partial charge in [-0.05, 0) is 56.2 Å². The summed E-state index contributed by atoms with van der Waals surface area (Å²) in [7, 11) is 1.63. The summed E-state index contributed by atoms with van der Waals surface area (Å²) in [5.74, 6) is 0.750. The maximum atomic E-state index is 13.3. The topological polar surface area (TPSA) is 50.6 Å². The molecule has 2 aromatic carbocycles. The maximum absolute atomic E-state index is 13.3. The van der Waals surface area contributed by atoms with Gasteiger partial charge in [0.15, 0.2) is 0 Å². The lowest BCUT2D eigenvalue weighted by atomic mass is 10.1. The second-order valence-electron chi connectivity index (χ2n) is 7.78. The van der Waals surface area contributed by atoms with Crippen molar-refractivity contribution < 1.29 is 9.53 Å². The second-order valence-corrected chi connectivity index (χ2v) is 7.78. The van der Waals surface area contributed by atoms with E-state index in [0.29, 0.717) is 18.8 Å². The van der Waals surface area contributed by atoms with Gasteiger partial charge in [0.05, 0.1) is 18.5 Å². The largest absolute Gasteiger partial charge is 0.497 e. The Bertz CT molecular complexity index is 1060. The van der Waals surface area contributed by atoms with Gasteiger partial charge in [0.1, 0.15) is 11.4 Å². The van der Waals surface area contributed by atoms with Gasteiger partial charge in [-0.25, -0.2) is 4.68 Å². The fourth-order valence-corrected chi connectivity index (χ4v) is 3.98. The number of benzene rings is 2. The van der Waals surface area contributed by atoms with E-state index in [1.807, 2.05) is 42.2 Å². The van der Waals surface area contributed by atoms with Crippen molar-refractivity contribution in [3.05, 3.63) is 71.0 Å². The fraction of sp³-hybridized carbons (Fsp3) is 0.333. The summed E-state index contributed by atoms with van der Waals surface area (Å²) in [6.45, 7) is 9.23. The van der Waals surface area contributed by atoms with Gasteiger partial charge in [0.25, 0.3) is 5.91 Å². The first-order valence-electron chi connectivity index (χ1n) is 10.3. The third kappa shape index (κ3) is 3.77. The number of hydrogen-bond acceptors (Lipinski definition) is 4. The molecule has 6 nitrogen and oxygen atoms in total. The smallest absolute Gasteiger partial charge is 0.272 e. The van der Waals surface area contributed by atoms with Crippen LogP contribution in [0.2, 0.25) is 0 Å². The Balaban J connectivity index is 1.53. The van der Waals surface area contributed by atoms with Crippen molar-refractivity contribution in [2.24, 2.45) is 0 Å². The lowest BCUT2D eigenvalue weighted by Crippen LogP contribution is -2.49. The van der Waals surface area contributed by atoms with Gasteiger partial charge < -0.3 is 14.5 Å². The average Bonchev–Trinajstić information content (AvgIpc) is 3.17. The Morgan fingerprint density at radius 1 is 0.967 bits per heavy atom. The normalized spacial score (nSPS) is 14.1. The highest BCUT2D eigenvalue weighted by Crippen LogP contribution is 2.25. The number of piperazine rings is 1. The van der Waals surface area contributed by atoms with Crippen LogP contribution < -0.4 is 9.64 Å². The molecule has 0 radical (unpaired) electrons. The molecule has 0 N–H and O–H groups in total. The number of rotatable bonds is 4. The zero-order valence-corrected chi connectivity index (χ0v) is 18.1. The van der Waals surface area contributed by atoms with Crippen LogP contribution in [-0.2, 0) is 0 Å². The SMILES string of the molecule is COc1cccc(-n2nc(C)cc2C(=O)N2CCN(c3cccc(C)c3C)CC2)c1. The number of hydrogen-bond donors (Lipinski definition) is 0. The Morgan fingerprint density at radius 2 is 1.70 bits per heavy atom. The van der Waals surface area contributed by atoms with Crippen LogP contribution in [0.15, 0.2) is 48.5 Å². The molecule has 0 aliphatic carbocycles. The van der Waals surface area contributed by atoms with Crippen molar-refractivity contribution in [3.8, 4) is 11.4 Å². The van der Waals surface area contributed by atoms with E-state index in [9.17, 15) is 4.79 Å². The van der Waals surface area contributed by atoms with E-state index >= 15 is 0 Å². The van der Waals surface area contributed by atoms with Gasteiger partial charge >= 0.3 is 0 Å². The highest BCUT2D eigenvalue weighted by atomic mass is 16.5. The first kappa shape index (κ1) is 20.0. The van der Waals surface area contributed by atoms with Gasteiger partial charge in [-0.15, -0.1) is 0 Å². The first-order valence-corrected chi connectivity index (χ1v) is 10.3. The number of methoxy groups -OCH3 is 1. The molecule has 30 heavy (non-hydrogen) atoms. The van der Waals surface area contributed by atoms with Gasteiger partial charge in [-0.2, -0.15) is 5.10 Å². The minimum absolute atomic E-state index is 0.0130. The summed E-state index contributed by atoms with van der Waals surface area (Å²) in [6.07, 6.45) is 0. The number of carbonyl (C=O) groups is 1. The number of anilines is 1. The van der Waals surface area contributed by atoms with Crippen LogP contribution in [0.5, 0.6) is 5.75 Å². The number of aryl methyl sites for hydroxylation is 2. The minimum Gasteiger partial charge on any atom is -0.497 e. The quantitative estimate of drug-likeness (QED) is 0.664. The Morgan fingerprint density at radius 3 is 2.43 bits per heavy atom. The molecule has 2 heterocycles. The van der Waals surface area contributed by atoms with E-state index in [2.05, 4.69) is 42.0 Å². The van der Waals surface area contributed by atoms with Gasteiger partial charge in [0.2, 0.25) is 0 Å². The first-order chi connectivity index (χ1) is 14.5. The van der Waals surface area contributed by atoms with E-state index in [-0.39, 0.29) is 5.91 Å². The molecular weight excluding hydrogens is 376 g/mol. The Kier molecular flexibility index (Phi) is 5.48. The van der Waals surface area contributed by atoms with Crippen molar-refractivity contribution in [1.29, 1.82) is 0 Å². The summed E-state index contributed by atoms with van der Waals surface area (Å²) in [6, 6.07) is 15.9. The summed E-state index contributed by atoms with van der Waals surface area (Å²) in [5, 5.41) is 4.56. The molecule has 0 atom stereocenters. The zero-order valence-electron chi connectivity index (χ0n) is 18.1. The molecule has 0 saturated carbocycles. The molecule has 1 aliphatic rings. The third-order valence-electron chi connectivity index (χ3n) is 5.83. The number of carbonyl (C=O) groups excluding carboxylic acids is 1. The van der Waals surface area contributed by atoms with E-state index < -0.39 is 0 Å². The minimum atomic E-state index is 0.0130. The summed E-state index contributed by atoms with van der Waals surface area (Å²) < 4.78 is 7.05. The molecule has 1 amide bonds. The predicted molar refractivity (Wildman–Crippen MR) is 119 cm³/mol. The molecule has 4 rings (SSSR count). The molecule has 1 saturated heterocycles. The predicted octanol–water partition coefficient (Wildman–Crippen LogP) is 3.77. The lowest BCUT2D eigenvalue weighted by molar-refractivity contribution is 0.0737. The van der Waals surface area contributed by atoms with E-state index in [0.717, 1.165) is 30.2 Å². The second kappa shape index (κ2) is 8.22. The van der Waals surface area contributed by atoms with Crippen molar-refractivity contribution in [2.45, 2.75) is 20.8 Å². The standard InChI is InChI=1S/C24H28N4O2/c1-17-7-5-10-22(19(17)3)26-11-13-27(14-12-26)24(29)23-15-18(2)25-28(23)20-8-6-9-21(16-20)30-4/h5-10,15-16H,11-14H2,1-4H3. The van der Waals surface area contributed by atoms with Crippen LogP contribution in [0.4, 0.5) is 5.69 Å². The third-order valence-corrected chi connectivity index (χ3v) is 5.83. The van der Waals surface area contributed by atoms with Crippen LogP contribution in [0.1, 0.15) is 27.3 Å². The summed E-state index contributed by atoms with van der Waals surface area (Å²) in [4.78, 5) is 17.6. The van der Waals surface area contributed by atoms with Crippen LogP contribution in [0.3, 0.4) is 0 Å². The highest BCUT2D eigenvalue weighted by molar-refractivity contribution is 5.93. The summed E-state index contributed by atoms with van der Waals surface area (Å²) in [5.41, 5.74) is 6.09. The van der Waals surface area contributed by atoms with Gasteiger partial charge in [0, 0.05) is 37.9 Å². The summed E-state index contributed by atoms with van der Waals surface area (Å²) >= 11 is 0. The lowest BCUT2D eigenvalue weighted by Gasteiger charge is -2.37. The van der Waals surface area contributed by atoms with Gasteiger partial charge in [-0.1, -0.05) is 18.2 Å².